The van der Waals surface area contributed by atoms with Crippen LogP contribution in [0.25, 0.3) is 68.2 Å². The molecule has 0 radical (unpaired) electrons. The highest BCUT2D eigenvalue weighted by atomic mass is 32.1. The molecule has 3 unspecified atom stereocenters. The van der Waals surface area contributed by atoms with Gasteiger partial charge in [0.05, 0.1) is 11.6 Å². The van der Waals surface area contributed by atoms with Crippen molar-refractivity contribution in [1.29, 1.82) is 0 Å². The molecule has 3 heteroatoms. The topological polar surface area (TPSA) is 3.24 Å². The molecule has 0 spiro atoms. The molecule has 3 atom stereocenters. The summed E-state index contributed by atoms with van der Waals surface area (Å²) in [5.41, 5.74) is 10.2. The zero-order valence-corrected chi connectivity index (χ0v) is 34.1. The van der Waals surface area contributed by atoms with Crippen molar-refractivity contribution in [3.8, 4) is 22.3 Å². The summed E-state index contributed by atoms with van der Waals surface area (Å²) in [6, 6.07) is 49.8. The van der Waals surface area contributed by atoms with Crippen LogP contribution in [-0.4, -0.2) is 11.6 Å². The Morgan fingerprint density at radius 1 is 0.569 bits per heavy atom. The molecule has 0 fully saturated rings. The molecule has 0 saturated heterocycles. The Kier molecular flexibility index (Phi) is 8.75. The molecule has 3 aliphatic rings. The monoisotopic (exact) mass is 781 g/mol. The fourth-order valence-corrected chi connectivity index (χ4v) is 11.9. The summed E-state index contributed by atoms with van der Waals surface area (Å²) in [5.74, 6) is 0.469. The van der Waals surface area contributed by atoms with Crippen molar-refractivity contribution in [2.75, 3.05) is 4.90 Å². The lowest BCUT2D eigenvalue weighted by molar-refractivity contribution is 0.478. The van der Waals surface area contributed by atoms with E-state index < -0.39 is 0 Å². The Morgan fingerprint density at radius 3 is 2.02 bits per heavy atom. The summed E-state index contributed by atoms with van der Waals surface area (Å²) in [5, 5.41) is 5.36. The second-order valence-electron chi connectivity index (χ2n) is 16.2. The van der Waals surface area contributed by atoms with Gasteiger partial charge in [-0.1, -0.05) is 164 Å². The summed E-state index contributed by atoms with van der Waals surface area (Å²) in [7, 11) is 0. The van der Waals surface area contributed by atoms with Crippen LogP contribution >= 0.6 is 22.7 Å². The van der Waals surface area contributed by atoms with Gasteiger partial charge in [0.25, 0.3) is 0 Å². The minimum Gasteiger partial charge on any atom is -0.356 e. The molecule has 2 aromatic heterocycles. The van der Waals surface area contributed by atoms with Gasteiger partial charge in [0.1, 0.15) is 0 Å². The lowest BCUT2D eigenvalue weighted by atomic mass is 9.83. The summed E-state index contributed by atoms with van der Waals surface area (Å²) < 4.78 is 5.39. The molecule has 58 heavy (non-hydrogen) atoms. The number of nitrogens with zero attached hydrogens (tertiary/aromatic N) is 1. The van der Waals surface area contributed by atoms with Gasteiger partial charge >= 0.3 is 0 Å². The largest absolute Gasteiger partial charge is 0.356 e. The van der Waals surface area contributed by atoms with Gasteiger partial charge in [-0.2, -0.15) is 0 Å². The molecular formula is C55H43NS2. The Labute approximate surface area is 348 Å². The Balaban J connectivity index is 0.911. The van der Waals surface area contributed by atoms with Crippen molar-refractivity contribution < 1.29 is 0 Å². The normalized spacial score (nSPS) is 20.3. The Hall–Kier alpha value is -6.00. The van der Waals surface area contributed by atoms with Gasteiger partial charge in [-0.25, -0.2) is 0 Å². The average molecular weight is 782 g/mol. The fraction of sp³-hybridized carbons (Fsp3) is 0.127. The highest BCUT2D eigenvalue weighted by Crippen LogP contribution is 2.44. The Morgan fingerprint density at radius 2 is 1.28 bits per heavy atom. The van der Waals surface area contributed by atoms with Crippen LogP contribution in [-0.2, 0) is 0 Å². The number of rotatable bonds is 7. The lowest BCUT2D eigenvalue weighted by Gasteiger charge is -2.47. The zero-order chi connectivity index (χ0) is 38.6. The number of anilines is 1. The minimum atomic E-state index is -0.204. The number of allylic oxidation sites excluding steroid dienone is 8. The second-order valence-corrected chi connectivity index (χ2v) is 18.3. The summed E-state index contributed by atoms with van der Waals surface area (Å²) in [6.07, 6.45) is 26.7. The van der Waals surface area contributed by atoms with Crippen molar-refractivity contribution in [2.45, 2.75) is 37.8 Å². The maximum Gasteiger partial charge on any atom is 0.0600 e. The van der Waals surface area contributed by atoms with Gasteiger partial charge in [0.15, 0.2) is 0 Å². The van der Waals surface area contributed by atoms with E-state index in [1.54, 1.807) is 0 Å². The number of thiophene rings is 2. The third-order valence-electron chi connectivity index (χ3n) is 12.5. The average Bonchev–Trinajstić information content (AvgIpc) is 3.86. The zero-order valence-electron chi connectivity index (χ0n) is 32.5. The van der Waals surface area contributed by atoms with Crippen LogP contribution in [0.5, 0.6) is 0 Å². The van der Waals surface area contributed by atoms with Gasteiger partial charge in [-0.15, -0.1) is 22.7 Å². The fourth-order valence-electron chi connectivity index (χ4n) is 9.44. The molecule has 11 rings (SSSR count). The summed E-state index contributed by atoms with van der Waals surface area (Å²) in [6.45, 7) is 2.42. The van der Waals surface area contributed by atoms with E-state index in [0.717, 1.165) is 19.3 Å². The van der Waals surface area contributed by atoms with Crippen LogP contribution in [0.1, 0.15) is 31.7 Å². The van der Waals surface area contributed by atoms with Crippen LogP contribution < -0.4 is 4.90 Å². The Bertz CT molecular complexity index is 3060. The van der Waals surface area contributed by atoms with E-state index in [1.807, 2.05) is 22.7 Å². The molecule has 6 aromatic carbocycles. The highest BCUT2D eigenvalue weighted by molar-refractivity contribution is 7.26. The summed E-state index contributed by atoms with van der Waals surface area (Å²) in [4.78, 5) is 2.67. The maximum absolute atomic E-state index is 2.67. The molecule has 280 valence electrons. The highest BCUT2D eigenvalue weighted by Gasteiger charge is 2.35. The van der Waals surface area contributed by atoms with Gasteiger partial charge in [-0.05, 0) is 95.5 Å². The smallest absolute Gasteiger partial charge is 0.0600 e. The van der Waals surface area contributed by atoms with Crippen LogP contribution in [0, 0.1) is 5.92 Å². The van der Waals surface area contributed by atoms with Crippen LogP contribution in [0.3, 0.4) is 0 Å². The van der Waals surface area contributed by atoms with Crippen molar-refractivity contribution >= 4 is 74.3 Å². The number of hydrogen-bond donors (Lipinski definition) is 0. The molecule has 0 bridgehead atoms. The molecular weight excluding hydrogens is 739 g/mol. The van der Waals surface area contributed by atoms with Crippen LogP contribution in [0.2, 0.25) is 0 Å². The number of benzene rings is 6. The van der Waals surface area contributed by atoms with Gasteiger partial charge < -0.3 is 4.90 Å². The molecule has 0 amide bonds. The lowest BCUT2D eigenvalue weighted by Crippen LogP contribution is -2.51. The van der Waals surface area contributed by atoms with Crippen molar-refractivity contribution in [3.63, 3.8) is 0 Å². The minimum absolute atomic E-state index is 0.204. The third-order valence-corrected chi connectivity index (χ3v) is 14.9. The van der Waals surface area contributed by atoms with E-state index >= 15 is 0 Å². The molecule has 0 aliphatic heterocycles. The SMILES string of the molecule is CC1(N(c2ccc(-c3ccccc3)cc2)C2C=CC(C3C=CC=CC3)=CC2)C=CC(c2cccc3c2sc2cc(-c4ccc5c(c4)sc4ccccc45)ccc23)=CC1. The second kappa shape index (κ2) is 14.4. The van der Waals surface area contributed by atoms with Crippen molar-refractivity contribution in [2.24, 2.45) is 5.92 Å². The first kappa shape index (κ1) is 35.2. The summed E-state index contributed by atoms with van der Waals surface area (Å²) >= 11 is 3.81. The molecule has 3 aliphatic carbocycles. The van der Waals surface area contributed by atoms with Gasteiger partial charge in [-0.3, -0.25) is 0 Å². The first-order chi connectivity index (χ1) is 28.6. The van der Waals surface area contributed by atoms with E-state index in [-0.39, 0.29) is 11.6 Å². The third kappa shape index (κ3) is 6.21. The van der Waals surface area contributed by atoms with Crippen LogP contribution in [0.4, 0.5) is 5.69 Å². The molecule has 8 aromatic rings. The van der Waals surface area contributed by atoms with E-state index in [2.05, 4.69) is 206 Å². The van der Waals surface area contributed by atoms with Crippen molar-refractivity contribution in [1.82, 2.24) is 0 Å². The standard InChI is InChI=1S/C55H43NS2/c1-55(56(44-25-19-39(20-26-44)37-11-4-2-5-12-37)45-27-21-40(22-28-45)38-13-6-3-7-14-38)33-31-41(32-34-55)46-16-10-17-50-49-30-24-43(36-53(49)58-54(46)50)42-23-29-48-47-15-8-9-18-51(47)57-52(48)35-42/h2-13,15-27,29-33,35-36,38,45H,14,28,34H2,1H3. The maximum atomic E-state index is 2.67. The molecule has 0 saturated carbocycles. The van der Waals surface area contributed by atoms with E-state index in [9.17, 15) is 0 Å². The molecule has 1 nitrogen and oxygen atoms in total. The van der Waals surface area contributed by atoms with E-state index in [0.29, 0.717) is 5.92 Å². The van der Waals surface area contributed by atoms with E-state index in [4.69, 9.17) is 0 Å². The number of hydrogen-bond acceptors (Lipinski definition) is 3. The predicted octanol–water partition coefficient (Wildman–Crippen LogP) is 15.8. The van der Waals surface area contributed by atoms with Gasteiger partial charge in [0, 0.05) is 51.9 Å². The van der Waals surface area contributed by atoms with E-state index in [1.165, 1.54) is 85.0 Å². The van der Waals surface area contributed by atoms with Crippen LogP contribution in [0.15, 0.2) is 200 Å². The van der Waals surface area contributed by atoms with Gasteiger partial charge in [0.2, 0.25) is 0 Å². The first-order valence-corrected chi connectivity index (χ1v) is 22.1. The quantitative estimate of drug-likeness (QED) is 0.156. The molecule has 2 heterocycles. The first-order valence-electron chi connectivity index (χ1n) is 20.5. The number of fused-ring (bicyclic) bond motifs is 6. The molecule has 0 N–H and O–H groups in total. The van der Waals surface area contributed by atoms with Crippen molar-refractivity contribution in [3.05, 3.63) is 205 Å². The predicted molar refractivity (Wildman–Crippen MR) is 254 cm³/mol.